The van der Waals surface area contributed by atoms with Crippen LogP contribution in [-0.4, -0.2) is 24.0 Å². The molecule has 1 aliphatic heterocycles. The molecule has 3 rings (SSSR count). The van der Waals surface area contributed by atoms with Gasteiger partial charge in [-0.2, -0.15) is 18.4 Å². The molecule has 0 aliphatic carbocycles. The maximum Gasteiger partial charge on any atom is 0.417 e. The number of carbonyl (C=O) groups is 1. The number of hydrogen-bond acceptors (Lipinski definition) is 4. The van der Waals surface area contributed by atoms with E-state index in [1.165, 1.54) is 12.1 Å². The van der Waals surface area contributed by atoms with E-state index in [1.54, 1.807) is 23.1 Å². The highest BCUT2D eigenvalue weighted by Gasteiger charge is 2.35. The molecular weight excluding hydrogens is 369 g/mol. The Morgan fingerprint density at radius 2 is 2.11 bits per heavy atom. The first-order valence-electron chi connectivity index (χ1n) is 8.89. The number of aryl methyl sites for hydroxylation is 1. The molecule has 1 aliphatic rings. The normalized spacial score (nSPS) is 17.1. The minimum Gasteiger partial charge on any atom is -0.371 e. The third kappa shape index (κ3) is 4.42. The van der Waals surface area contributed by atoms with Crippen molar-refractivity contribution in [1.29, 1.82) is 5.26 Å². The van der Waals surface area contributed by atoms with Gasteiger partial charge in [-0.05, 0) is 50.1 Å². The number of rotatable bonds is 3. The second kappa shape index (κ2) is 7.89. The molecule has 1 fully saturated rings. The van der Waals surface area contributed by atoms with Crippen molar-refractivity contribution in [2.24, 2.45) is 5.92 Å². The molecule has 1 atom stereocenters. The van der Waals surface area contributed by atoms with Crippen molar-refractivity contribution in [3.05, 3.63) is 53.2 Å². The van der Waals surface area contributed by atoms with E-state index in [4.69, 9.17) is 5.26 Å². The number of anilines is 2. The average Bonchev–Trinajstić information content (AvgIpc) is 2.67. The van der Waals surface area contributed by atoms with Crippen molar-refractivity contribution in [2.45, 2.75) is 25.9 Å². The summed E-state index contributed by atoms with van der Waals surface area (Å²) in [6.07, 6.45) is -3.28. The van der Waals surface area contributed by atoms with Crippen LogP contribution in [0.15, 0.2) is 36.4 Å². The van der Waals surface area contributed by atoms with E-state index in [9.17, 15) is 18.0 Å². The predicted molar refractivity (Wildman–Crippen MR) is 98.7 cm³/mol. The summed E-state index contributed by atoms with van der Waals surface area (Å²) in [5.41, 5.74) is -0.228. The van der Waals surface area contributed by atoms with Crippen molar-refractivity contribution in [2.75, 3.05) is 23.3 Å². The largest absolute Gasteiger partial charge is 0.417 e. The minimum absolute atomic E-state index is 0.201. The smallest absolute Gasteiger partial charge is 0.371 e. The number of nitriles is 1. The zero-order valence-electron chi connectivity index (χ0n) is 15.3. The number of halogens is 3. The number of pyridine rings is 1. The van der Waals surface area contributed by atoms with E-state index in [0.29, 0.717) is 37.4 Å². The molecule has 2 heterocycles. The fourth-order valence-corrected chi connectivity index (χ4v) is 3.33. The van der Waals surface area contributed by atoms with Crippen molar-refractivity contribution in [3.63, 3.8) is 0 Å². The summed E-state index contributed by atoms with van der Waals surface area (Å²) >= 11 is 0. The zero-order valence-corrected chi connectivity index (χ0v) is 15.3. The molecule has 5 nitrogen and oxygen atoms in total. The highest BCUT2D eigenvalue weighted by Crippen LogP contribution is 2.35. The fourth-order valence-electron chi connectivity index (χ4n) is 3.33. The number of alkyl halides is 3. The summed E-state index contributed by atoms with van der Waals surface area (Å²) in [7, 11) is 0. The molecule has 2 aromatic rings. The summed E-state index contributed by atoms with van der Waals surface area (Å²) < 4.78 is 39.7. The highest BCUT2D eigenvalue weighted by atomic mass is 19.4. The van der Waals surface area contributed by atoms with Gasteiger partial charge in [0, 0.05) is 24.5 Å². The Balaban J connectivity index is 1.76. The van der Waals surface area contributed by atoms with Crippen LogP contribution in [0.1, 0.15) is 29.7 Å². The predicted octanol–water partition coefficient (Wildman–Crippen LogP) is 4.14. The van der Waals surface area contributed by atoms with Crippen LogP contribution in [0.25, 0.3) is 0 Å². The summed E-state index contributed by atoms with van der Waals surface area (Å²) in [6.45, 7) is 2.68. The number of carbonyl (C=O) groups excluding carboxylic acids is 1. The van der Waals surface area contributed by atoms with Crippen LogP contribution >= 0.6 is 0 Å². The van der Waals surface area contributed by atoms with Gasteiger partial charge in [0.2, 0.25) is 5.91 Å². The van der Waals surface area contributed by atoms with Crippen LogP contribution < -0.4 is 10.2 Å². The van der Waals surface area contributed by atoms with E-state index < -0.39 is 17.3 Å². The molecule has 28 heavy (non-hydrogen) atoms. The molecule has 1 aromatic carbocycles. The number of piperidine rings is 1. The Hall–Kier alpha value is -3.08. The summed E-state index contributed by atoms with van der Waals surface area (Å²) in [5, 5.41) is 11.7. The molecule has 1 N–H and O–H groups in total. The Morgan fingerprint density at radius 1 is 1.32 bits per heavy atom. The first kappa shape index (κ1) is 19.7. The van der Waals surface area contributed by atoms with Gasteiger partial charge in [-0.15, -0.1) is 0 Å². The number of nitrogens with one attached hydrogen (secondary N) is 1. The van der Waals surface area contributed by atoms with Gasteiger partial charge in [0.25, 0.3) is 0 Å². The van der Waals surface area contributed by atoms with Crippen LogP contribution in [0, 0.1) is 24.2 Å². The molecule has 0 spiro atoms. The molecule has 0 saturated carbocycles. The van der Waals surface area contributed by atoms with Gasteiger partial charge in [-0.25, -0.2) is 4.98 Å². The molecule has 146 valence electrons. The molecule has 0 bridgehead atoms. The van der Waals surface area contributed by atoms with Gasteiger partial charge < -0.3 is 10.2 Å². The topological polar surface area (TPSA) is 69.0 Å². The van der Waals surface area contributed by atoms with Crippen LogP contribution in [-0.2, 0) is 11.0 Å². The van der Waals surface area contributed by atoms with Crippen molar-refractivity contribution < 1.29 is 18.0 Å². The van der Waals surface area contributed by atoms with Gasteiger partial charge in [0.05, 0.1) is 23.1 Å². The SMILES string of the molecule is Cc1cccc(NC(=O)C2CCCN(c3ccc(C#N)c(C(F)(F)F)c3)C2)n1. The van der Waals surface area contributed by atoms with E-state index in [-0.39, 0.29) is 11.8 Å². The van der Waals surface area contributed by atoms with Gasteiger partial charge in [-0.1, -0.05) is 6.07 Å². The average molecular weight is 388 g/mol. The Bertz CT molecular complexity index is 920. The van der Waals surface area contributed by atoms with Gasteiger partial charge in [-0.3, -0.25) is 4.79 Å². The highest BCUT2D eigenvalue weighted by molar-refractivity contribution is 5.92. The molecule has 1 aromatic heterocycles. The number of amides is 1. The Morgan fingerprint density at radius 3 is 2.79 bits per heavy atom. The lowest BCUT2D eigenvalue weighted by Gasteiger charge is -2.34. The third-order valence-corrected chi connectivity index (χ3v) is 4.73. The van der Waals surface area contributed by atoms with Gasteiger partial charge >= 0.3 is 6.18 Å². The lowest BCUT2D eigenvalue weighted by Crippen LogP contribution is -2.41. The zero-order chi connectivity index (χ0) is 20.3. The maximum absolute atomic E-state index is 13.2. The summed E-state index contributed by atoms with van der Waals surface area (Å²) in [6, 6.07) is 10.6. The standard InChI is InChI=1S/C20H19F3N4O/c1-13-4-2-6-18(25-13)26-19(28)15-5-3-9-27(12-15)16-8-7-14(11-24)17(10-16)20(21,22)23/h2,4,6-8,10,15H,3,5,9,12H2,1H3,(H,25,26,28). The van der Waals surface area contributed by atoms with Crippen molar-refractivity contribution >= 4 is 17.4 Å². The third-order valence-electron chi connectivity index (χ3n) is 4.73. The minimum atomic E-state index is -4.61. The van der Waals surface area contributed by atoms with E-state index in [2.05, 4.69) is 10.3 Å². The number of hydrogen-bond donors (Lipinski definition) is 1. The summed E-state index contributed by atoms with van der Waals surface area (Å²) in [5.74, 6) is -0.103. The van der Waals surface area contributed by atoms with Crippen LogP contribution in [0.4, 0.5) is 24.7 Å². The molecule has 0 radical (unpaired) electrons. The number of nitrogens with zero attached hydrogens (tertiary/aromatic N) is 3. The maximum atomic E-state index is 13.2. The van der Waals surface area contributed by atoms with Crippen LogP contribution in [0.3, 0.4) is 0 Å². The molecule has 1 saturated heterocycles. The van der Waals surface area contributed by atoms with Crippen molar-refractivity contribution in [1.82, 2.24) is 4.98 Å². The molecule has 1 unspecified atom stereocenters. The Kier molecular flexibility index (Phi) is 5.54. The van der Waals surface area contributed by atoms with Crippen molar-refractivity contribution in [3.8, 4) is 6.07 Å². The Labute approximate surface area is 160 Å². The lowest BCUT2D eigenvalue weighted by molar-refractivity contribution is -0.137. The van der Waals surface area contributed by atoms with Crippen LogP contribution in [0.5, 0.6) is 0 Å². The molecule has 8 heteroatoms. The first-order chi connectivity index (χ1) is 13.3. The van der Waals surface area contributed by atoms with Gasteiger partial charge in [0.1, 0.15) is 5.82 Å². The lowest BCUT2D eigenvalue weighted by atomic mass is 9.96. The summed E-state index contributed by atoms with van der Waals surface area (Å²) in [4.78, 5) is 18.6. The fraction of sp³-hybridized carbons (Fsp3) is 0.350. The van der Waals surface area contributed by atoms with Gasteiger partial charge in [0.15, 0.2) is 0 Å². The second-order valence-electron chi connectivity index (χ2n) is 6.78. The first-order valence-corrected chi connectivity index (χ1v) is 8.89. The quantitative estimate of drug-likeness (QED) is 0.858. The van der Waals surface area contributed by atoms with E-state index >= 15 is 0 Å². The van der Waals surface area contributed by atoms with Crippen LogP contribution in [0.2, 0.25) is 0 Å². The molecule has 1 amide bonds. The second-order valence-corrected chi connectivity index (χ2v) is 6.78. The molecular formula is C20H19F3N4O. The van der Waals surface area contributed by atoms with E-state index in [1.807, 2.05) is 13.0 Å². The monoisotopic (exact) mass is 388 g/mol. The van der Waals surface area contributed by atoms with E-state index in [0.717, 1.165) is 11.8 Å². The number of benzene rings is 1. The number of aromatic nitrogens is 1.